The van der Waals surface area contributed by atoms with E-state index in [1.54, 1.807) is 6.92 Å². The molecule has 0 aromatic heterocycles. The number of ether oxygens (including phenoxy) is 2. The Bertz CT molecular complexity index is 201. The lowest BCUT2D eigenvalue weighted by Gasteiger charge is -2.37. The number of amides is 1. The summed E-state index contributed by atoms with van der Waals surface area (Å²) in [6, 6.07) is 0. The van der Waals surface area contributed by atoms with E-state index in [1.165, 1.54) is 0 Å². The van der Waals surface area contributed by atoms with Gasteiger partial charge in [0.1, 0.15) is 0 Å². The maximum atomic E-state index is 11.0. The van der Waals surface area contributed by atoms with Crippen LogP contribution < -0.4 is 0 Å². The molecule has 0 unspecified atom stereocenters. The lowest BCUT2D eigenvalue weighted by atomic mass is 10.0. The molecule has 0 bridgehead atoms. The molecule has 4 heteroatoms. The third kappa shape index (κ3) is 1.69. The van der Waals surface area contributed by atoms with Crippen LogP contribution in [-0.2, 0) is 14.3 Å². The number of carbonyl (C=O) groups is 1. The standard InChI is InChI=1S/C9H15NO3/c1-8(11)10-4-2-9(3-5-10)12-6-7-13-9/h2-7H2,1H3. The molecule has 2 heterocycles. The monoisotopic (exact) mass is 185 g/mol. The second-order valence-corrected chi connectivity index (χ2v) is 3.61. The molecule has 13 heavy (non-hydrogen) atoms. The first-order chi connectivity index (χ1) is 6.22. The summed E-state index contributed by atoms with van der Waals surface area (Å²) in [4.78, 5) is 12.9. The second-order valence-electron chi connectivity index (χ2n) is 3.61. The van der Waals surface area contributed by atoms with Crippen molar-refractivity contribution in [3.05, 3.63) is 0 Å². The molecule has 4 nitrogen and oxygen atoms in total. The van der Waals surface area contributed by atoms with Crippen molar-refractivity contribution >= 4 is 5.91 Å². The van der Waals surface area contributed by atoms with Crippen LogP contribution in [0.2, 0.25) is 0 Å². The smallest absolute Gasteiger partial charge is 0.219 e. The lowest BCUT2D eigenvalue weighted by Crippen LogP contribution is -2.46. The molecule has 0 aromatic rings. The van der Waals surface area contributed by atoms with Crippen LogP contribution in [0.4, 0.5) is 0 Å². The van der Waals surface area contributed by atoms with Crippen molar-refractivity contribution in [2.24, 2.45) is 0 Å². The molecule has 1 amide bonds. The van der Waals surface area contributed by atoms with Crippen molar-refractivity contribution in [1.29, 1.82) is 0 Å². The minimum Gasteiger partial charge on any atom is -0.347 e. The van der Waals surface area contributed by atoms with Gasteiger partial charge >= 0.3 is 0 Å². The zero-order valence-corrected chi connectivity index (χ0v) is 7.91. The quantitative estimate of drug-likeness (QED) is 0.547. The van der Waals surface area contributed by atoms with Crippen molar-refractivity contribution in [2.75, 3.05) is 26.3 Å². The predicted octanol–water partition coefficient (Wildman–Crippen LogP) is 0.372. The zero-order chi connectivity index (χ0) is 9.31. The van der Waals surface area contributed by atoms with Gasteiger partial charge in [0.05, 0.1) is 13.2 Å². The Morgan fingerprint density at radius 3 is 2.23 bits per heavy atom. The lowest BCUT2D eigenvalue weighted by molar-refractivity contribution is -0.186. The van der Waals surface area contributed by atoms with E-state index >= 15 is 0 Å². The molecular formula is C9H15NO3. The molecule has 2 saturated heterocycles. The molecule has 0 aliphatic carbocycles. The van der Waals surface area contributed by atoms with Crippen LogP contribution in [-0.4, -0.2) is 42.9 Å². The normalized spacial score (nSPS) is 26.7. The molecule has 74 valence electrons. The summed E-state index contributed by atoms with van der Waals surface area (Å²) in [7, 11) is 0. The highest BCUT2D eigenvalue weighted by Gasteiger charge is 2.40. The Balaban J connectivity index is 1.91. The average molecular weight is 185 g/mol. The SMILES string of the molecule is CC(=O)N1CCC2(CC1)OCCO2. The van der Waals surface area contributed by atoms with E-state index in [4.69, 9.17) is 9.47 Å². The summed E-state index contributed by atoms with van der Waals surface area (Å²) in [6.07, 6.45) is 1.62. The fourth-order valence-corrected chi connectivity index (χ4v) is 1.95. The average Bonchev–Trinajstić information content (AvgIpc) is 2.54. The molecule has 0 aromatic carbocycles. The van der Waals surface area contributed by atoms with Gasteiger partial charge in [-0.2, -0.15) is 0 Å². The van der Waals surface area contributed by atoms with Crippen LogP contribution in [0.25, 0.3) is 0 Å². The van der Waals surface area contributed by atoms with E-state index in [2.05, 4.69) is 0 Å². The molecule has 0 saturated carbocycles. The molecular weight excluding hydrogens is 170 g/mol. The molecule has 2 aliphatic rings. The van der Waals surface area contributed by atoms with E-state index in [-0.39, 0.29) is 11.7 Å². The van der Waals surface area contributed by atoms with Crippen LogP contribution in [0.15, 0.2) is 0 Å². The van der Waals surface area contributed by atoms with Gasteiger partial charge in [0, 0.05) is 32.9 Å². The summed E-state index contributed by atoms with van der Waals surface area (Å²) in [6.45, 7) is 4.51. The van der Waals surface area contributed by atoms with Crippen LogP contribution in [0.3, 0.4) is 0 Å². The van der Waals surface area contributed by atoms with Crippen molar-refractivity contribution in [3.8, 4) is 0 Å². The van der Waals surface area contributed by atoms with Gasteiger partial charge in [-0.25, -0.2) is 0 Å². The van der Waals surface area contributed by atoms with E-state index in [1.807, 2.05) is 4.90 Å². The van der Waals surface area contributed by atoms with E-state index in [0.717, 1.165) is 25.9 Å². The maximum Gasteiger partial charge on any atom is 0.219 e. The highest BCUT2D eigenvalue weighted by atomic mass is 16.7. The fourth-order valence-electron chi connectivity index (χ4n) is 1.95. The maximum absolute atomic E-state index is 11.0. The highest BCUT2D eigenvalue weighted by molar-refractivity contribution is 5.73. The first kappa shape index (κ1) is 8.97. The number of carbonyl (C=O) groups excluding carboxylic acids is 1. The summed E-state index contributed by atoms with van der Waals surface area (Å²) < 4.78 is 11.1. The zero-order valence-electron chi connectivity index (χ0n) is 7.91. The van der Waals surface area contributed by atoms with Crippen LogP contribution in [0.5, 0.6) is 0 Å². The van der Waals surface area contributed by atoms with Crippen molar-refractivity contribution in [3.63, 3.8) is 0 Å². The van der Waals surface area contributed by atoms with Crippen LogP contribution in [0, 0.1) is 0 Å². The van der Waals surface area contributed by atoms with Gasteiger partial charge in [0.25, 0.3) is 0 Å². The third-order valence-corrected chi connectivity index (χ3v) is 2.78. The Labute approximate surface area is 77.8 Å². The minimum atomic E-state index is -0.355. The van der Waals surface area contributed by atoms with Gasteiger partial charge in [0.2, 0.25) is 5.91 Å². The molecule has 1 spiro atoms. The largest absolute Gasteiger partial charge is 0.347 e. The van der Waals surface area contributed by atoms with Crippen LogP contribution >= 0.6 is 0 Å². The molecule has 0 N–H and O–H groups in total. The summed E-state index contributed by atoms with van der Waals surface area (Å²) in [5.74, 6) is -0.209. The first-order valence-electron chi connectivity index (χ1n) is 4.75. The Kier molecular flexibility index (Phi) is 2.26. The van der Waals surface area contributed by atoms with Gasteiger partial charge in [0.15, 0.2) is 5.79 Å². The van der Waals surface area contributed by atoms with Gasteiger partial charge < -0.3 is 14.4 Å². The minimum absolute atomic E-state index is 0.146. The van der Waals surface area contributed by atoms with Gasteiger partial charge in [-0.05, 0) is 0 Å². The summed E-state index contributed by atoms with van der Waals surface area (Å²) in [5, 5.41) is 0. The van der Waals surface area contributed by atoms with E-state index in [9.17, 15) is 4.79 Å². The van der Waals surface area contributed by atoms with Crippen molar-refractivity contribution in [2.45, 2.75) is 25.6 Å². The number of piperidine rings is 1. The second kappa shape index (κ2) is 3.27. The number of nitrogens with zero attached hydrogens (tertiary/aromatic N) is 1. The van der Waals surface area contributed by atoms with Crippen molar-refractivity contribution < 1.29 is 14.3 Å². The highest BCUT2D eigenvalue weighted by Crippen LogP contribution is 2.30. The number of hydrogen-bond donors (Lipinski definition) is 0. The molecule has 2 rings (SSSR count). The van der Waals surface area contributed by atoms with Crippen LogP contribution in [0.1, 0.15) is 19.8 Å². The number of likely N-dealkylation sites (tertiary alicyclic amines) is 1. The predicted molar refractivity (Wildman–Crippen MR) is 46.1 cm³/mol. The Morgan fingerprint density at radius 1 is 1.23 bits per heavy atom. The van der Waals surface area contributed by atoms with E-state index in [0.29, 0.717) is 13.2 Å². The summed E-state index contributed by atoms with van der Waals surface area (Å²) >= 11 is 0. The molecule has 0 atom stereocenters. The van der Waals surface area contributed by atoms with Gasteiger partial charge in [-0.15, -0.1) is 0 Å². The van der Waals surface area contributed by atoms with Crippen molar-refractivity contribution in [1.82, 2.24) is 4.90 Å². The summed E-state index contributed by atoms with van der Waals surface area (Å²) in [5.41, 5.74) is 0. The molecule has 2 fully saturated rings. The van der Waals surface area contributed by atoms with E-state index < -0.39 is 0 Å². The first-order valence-corrected chi connectivity index (χ1v) is 4.75. The topological polar surface area (TPSA) is 38.8 Å². The number of rotatable bonds is 0. The molecule has 0 radical (unpaired) electrons. The number of hydrogen-bond acceptors (Lipinski definition) is 3. The Morgan fingerprint density at radius 2 is 1.77 bits per heavy atom. The fraction of sp³-hybridized carbons (Fsp3) is 0.889. The third-order valence-electron chi connectivity index (χ3n) is 2.78. The van der Waals surface area contributed by atoms with Gasteiger partial charge in [-0.3, -0.25) is 4.79 Å². The Hall–Kier alpha value is -0.610. The molecule has 2 aliphatic heterocycles. The van der Waals surface area contributed by atoms with Gasteiger partial charge in [-0.1, -0.05) is 0 Å².